The van der Waals surface area contributed by atoms with E-state index < -0.39 is 11.7 Å². The molecule has 0 unspecified atom stereocenters. The summed E-state index contributed by atoms with van der Waals surface area (Å²) in [7, 11) is 0. The van der Waals surface area contributed by atoms with Gasteiger partial charge in [0.15, 0.2) is 0 Å². The second kappa shape index (κ2) is 7.50. The summed E-state index contributed by atoms with van der Waals surface area (Å²) in [4.78, 5) is 12.0. The highest BCUT2D eigenvalue weighted by atomic mass is 19.1. The minimum atomic E-state index is -0.443. The molecule has 0 aromatic heterocycles. The second-order valence-electron chi connectivity index (χ2n) is 5.47. The highest BCUT2D eigenvalue weighted by Gasteiger charge is 2.09. The molecule has 2 rings (SSSR count). The van der Waals surface area contributed by atoms with Gasteiger partial charge in [0.1, 0.15) is 5.82 Å². The molecule has 0 fully saturated rings. The number of carbonyl (C=O) groups is 1. The Bertz CT molecular complexity index is 666. The van der Waals surface area contributed by atoms with Crippen molar-refractivity contribution >= 4 is 11.6 Å². The lowest BCUT2D eigenvalue weighted by Crippen LogP contribution is -2.21. The van der Waals surface area contributed by atoms with Crippen LogP contribution in [0.15, 0.2) is 59.7 Å². The third-order valence-electron chi connectivity index (χ3n) is 3.09. The standard InChI is InChI=1S/C18H19FN2O/c1-13(2)11-17(14-7-4-3-5-8-14)20-21-18(22)15-9-6-10-16(19)12-15/h3-10,12-13H,11H2,1-2H3,(H,21,22). The summed E-state index contributed by atoms with van der Waals surface area (Å²) in [6, 6.07) is 15.2. The van der Waals surface area contributed by atoms with Crippen molar-refractivity contribution in [3.63, 3.8) is 0 Å². The molecule has 0 aliphatic carbocycles. The molecular formula is C18H19FN2O. The molecule has 0 radical (unpaired) electrons. The van der Waals surface area contributed by atoms with Gasteiger partial charge in [-0.15, -0.1) is 0 Å². The van der Waals surface area contributed by atoms with Crippen molar-refractivity contribution < 1.29 is 9.18 Å². The van der Waals surface area contributed by atoms with E-state index in [1.54, 1.807) is 6.07 Å². The first kappa shape index (κ1) is 15.9. The van der Waals surface area contributed by atoms with Crippen LogP contribution in [-0.2, 0) is 0 Å². The van der Waals surface area contributed by atoms with E-state index in [4.69, 9.17) is 0 Å². The summed E-state index contributed by atoms with van der Waals surface area (Å²) in [5, 5.41) is 4.23. The molecule has 1 amide bonds. The van der Waals surface area contributed by atoms with Crippen molar-refractivity contribution in [3.05, 3.63) is 71.5 Å². The molecule has 114 valence electrons. The van der Waals surface area contributed by atoms with E-state index in [1.807, 2.05) is 30.3 Å². The lowest BCUT2D eigenvalue weighted by Gasteiger charge is -2.10. The Morgan fingerprint density at radius 3 is 2.41 bits per heavy atom. The molecule has 0 aliphatic rings. The third-order valence-corrected chi connectivity index (χ3v) is 3.09. The van der Waals surface area contributed by atoms with Crippen LogP contribution >= 0.6 is 0 Å². The predicted octanol–water partition coefficient (Wildman–Crippen LogP) is 4.01. The minimum Gasteiger partial charge on any atom is -0.267 e. The lowest BCUT2D eigenvalue weighted by molar-refractivity contribution is 0.0954. The van der Waals surface area contributed by atoms with Gasteiger partial charge in [-0.05, 0) is 36.1 Å². The zero-order chi connectivity index (χ0) is 15.9. The molecule has 2 aromatic carbocycles. The molecular weight excluding hydrogens is 279 g/mol. The van der Waals surface area contributed by atoms with Gasteiger partial charge in [-0.25, -0.2) is 9.82 Å². The highest BCUT2D eigenvalue weighted by molar-refractivity contribution is 6.02. The van der Waals surface area contributed by atoms with Crippen molar-refractivity contribution in [2.45, 2.75) is 20.3 Å². The number of benzene rings is 2. The van der Waals surface area contributed by atoms with Gasteiger partial charge >= 0.3 is 0 Å². The van der Waals surface area contributed by atoms with Crippen molar-refractivity contribution in [3.8, 4) is 0 Å². The largest absolute Gasteiger partial charge is 0.271 e. The summed E-state index contributed by atoms with van der Waals surface area (Å²) < 4.78 is 13.1. The molecule has 0 heterocycles. The summed E-state index contributed by atoms with van der Waals surface area (Å²) >= 11 is 0. The Kier molecular flexibility index (Phi) is 5.42. The fourth-order valence-corrected chi connectivity index (χ4v) is 2.06. The monoisotopic (exact) mass is 298 g/mol. The normalized spacial score (nSPS) is 11.5. The molecule has 0 spiro atoms. The average molecular weight is 298 g/mol. The number of hydrogen-bond donors (Lipinski definition) is 1. The number of halogens is 1. The number of hydrazone groups is 1. The van der Waals surface area contributed by atoms with Crippen LogP contribution in [0.2, 0.25) is 0 Å². The number of carbonyl (C=O) groups excluding carboxylic acids is 1. The number of nitrogens with zero attached hydrogens (tertiary/aromatic N) is 1. The topological polar surface area (TPSA) is 41.5 Å². The number of rotatable bonds is 5. The van der Waals surface area contributed by atoms with Gasteiger partial charge in [0.05, 0.1) is 5.71 Å². The molecule has 4 heteroatoms. The van der Waals surface area contributed by atoms with Gasteiger partial charge in [-0.2, -0.15) is 5.10 Å². The minimum absolute atomic E-state index is 0.251. The van der Waals surface area contributed by atoms with Crippen molar-refractivity contribution in [1.29, 1.82) is 0 Å². The van der Waals surface area contributed by atoms with Gasteiger partial charge in [0, 0.05) is 5.56 Å². The lowest BCUT2D eigenvalue weighted by atomic mass is 10.0. The number of hydrogen-bond acceptors (Lipinski definition) is 2. The van der Waals surface area contributed by atoms with Gasteiger partial charge < -0.3 is 0 Å². The van der Waals surface area contributed by atoms with Crippen LogP contribution in [0.4, 0.5) is 4.39 Å². The Morgan fingerprint density at radius 1 is 1.09 bits per heavy atom. The molecule has 0 saturated carbocycles. The maximum Gasteiger partial charge on any atom is 0.271 e. The first-order valence-corrected chi connectivity index (χ1v) is 7.24. The average Bonchev–Trinajstić information content (AvgIpc) is 2.51. The van der Waals surface area contributed by atoms with E-state index in [0.29, 0.717) is 5.92 Å². The van der Waals surface area contributed by atoms with Gasteiger partial charge in [-0.3, -0.25) is 4.79 Å². The Morgan fingerprint density at radius 2 is 1.77 bits per heavy atom. The number of amides is 1. The van der Waals surface area contributed by atoms with Crippen LogP contribution in [-0.4, -0.2) is 11.6 Å². The predicted molar refractivity (Wildman–Crippen MR) is 86.3 cm³/mol. The third kappa shape index (κ3) is 4.52. The Labute approximate surface area is 129 Å². The van der Waals surface area contributed by atoms with Crippen LogP contribution in [0, 0.1) is 11.7 Å². The maximum atomic E-state index is 13.1. The Balaban J connectivity index is 2.18. The molecule has 1 N–H and O–H groups in total. The summed E-state index contributed by atoms with van der Waals surface area (Å²) in [6.07, 6.45) is 0.743. The van der Waals surface area contributed by atoms with Crippen LogP contribution in [0.1, 0.15) is 36.2 Å². The van der Waals surface area contributed by atoms with E-state index in [9.17, 15) is 9.18 Å². The van der Waals surface area contributed by atoms with Crippen LogP contribution in [0.25, 0.3) is 0 Å². The van der Waals surface area contributed by atoms with Crippen LogP contribution in [0.5, 0.6) is 0 Å². The van der Waals surface area contributed by atoms with Gasteiger partial charge in [0.2, 0.25) is 0 Å². The zero-order valence-corrected chi connectivity index (χ0v) is 12.7. The molecule has 0 atom stereocenters. The molecule has 2 aromatic rings. The molecule has 0 aliphatic heterocycles. The van der Waals surface area contributed by atoms with E-state index >= 15 is 0 Å². The van der Waals surface area contributed by atoms with Gasteiger partial charge in [0.25, 0.3) is 5.91 Å². The quantitative estimate of drug-likeness (QED) is 0.657. The maximum absolute atomic E-state index is 13.1. The molecule has 0 saturated heterocycles. The van der Waals surface area contributed by atoms with Crippen molar-refractivity contribution in [2.24, 2.45) is 11.0 Å². The fraction of sp³-hybridized carbons (Fsp3) is 0.222. The van der Waals surface area contributed by atoms with E-state index in [0.717, 1.165) is 17.7 Å². The van der Waals surface area contributed by atoms with E-state index in [2.05, 4.69) is 24.4 Å². The molecule has 0 bridgehead atoms. The molecule has 3 nitrogen and oxygen atoms in total. The van der Waals surface area contributed by atoms with Crippen molar-refractivity contribution in [1.82, 2.24) is 5.43 Å². The van der Waals surface area contributed by atoms with Crippen molar-refractivity contribution in [2.75, 3.05) is 0 Å². The van der Waals surface area contributed by atoms with Gasteiger partial charge in [-0.1, -0.05) is 50.2 Å². The highest BCUT2D eigenvalue weighted by Crippen LogP contribution is 2.10. The smallest absolute Gasteiger partial charge is 0.267 e. The summed E-state index contributed by atoms with van der Waals surface area (Å²) in [5.41, 5.74) is 4.54. The molecule has 22 heavy (non-hydrogen) atoms. The van der Waals surface area contributed by atoms with E-state index in [1.165, 1.54) is 18.2 Å². The first-order chi connectivity index (χ1) is 10.6. The SMILES string of the molecule is CC(C)CC(=NNC(=O)c1cccc(F)c1)c1ccccc1. The van der Waals surface area contributed by atoms with E-state index in [-0.39, 0.29) is 5.56 Å². The van der Waals surface area contributed by atoms with Crippen LogP contribution in [0.3, 0.4) is 0 Å². The fourth-order valence-electron chi connectivity index (χ4n) is 2.06. The first-order valence-electron chi connectivity index (χ1n) is 7.24. The summed E-state index contributed by atoms with van der Waals surface area (Å²) in [5.74, 6) is -0.455. The number of nitrogens with one attached hydrogen (secondary N) is 1. The summed E-state index contributed by atoms with van der Waals surface area (Å²) in [6.45, 7) is 4.18. The second-order valence-corrected chi connectivity index (χ2v) is 5.47. The Hall–Kier alpha value is -2.49. The van der Waals surface area contributed by atoms with Crippen LogP contribution < -0.4 is 5.43 Å². The zero-order valence-electron chi connectivity index (χ0n) is 12.7.